The van der Waals surface area contributed by atoms with Crippen LogP contribution < -0.4 is 19.4 Å². The minimum absolute atomic E-state index is 0.0203. The minimum atomic E-state index is -1.44. The summed E-state index contributed by atoms with van der Waals surface area (Å²) in [5.41, 5.74) is 2.61. The van der Waals surface area contributed by atoms with E-state index < -0.39 is 40.9 Å². The highest BCUT2D eigenvalue weighted by Gasteiger charge is 2.70. The van der Waals surface area contributed by atoms with Crippen molar-refractivity contribution in [3.8, 4) is 5.75 Å². The fourth-order valence-electron chi connectivity index (χ4n) is 9.98. The van der Waals surface area contributed by atoms with E-state index in [1.165, 1.54) is 9.80 Å². The van der Waals surface area contributed by atoms with Crippen molar-refractivity contribution in [1.29, 1.82) is 0 Å². The molecule has 0 radical (unpaired) electrons. The van der Waals surface area contributed by atoms with Crippen molar-refractivity contribution in [3.63, 3.8) is 0 Å². The number of allylic oxidation sites excluding steroid dienone is 2. The summed E-state index contributed by atoms with van der Waals surface area (Å²) in [5, 5.41) is 10.2. The summed E-state index contributed by atoms with van der Waals surface area (Å²) in [6.45, 7) is 2.60. The van der Waals surface area contributed by atoms with Crippen LogP contribution in [0.2, 0.25) is 5.02 Å². The van der Waals surface area contributed by atoms with Gasteiger partial charge in [-0.25, -0.2) is 4.90 Å². The molecule has 5 aliphatic rings. The monoisotopic (exact) mass is 757 g/mol. The lowest BCUT2D eigenvalue weighted by molar-refractivity contribution is -0.127. The lowest BCUT2D eigenvalue weighted by Gasteiger charge is -2.51. The number of carbonyl (C=O) groups excluding carboxylic acids is 4. The first-order chi connectivity index (χ1) is 26.8. The Balaban J connectivity index is 1.19. The summed E-state index contributed by atoms with van der Waals surface area (Å²) < 4.78 is 11.7. The molecule has 4 fully saturated rings. The first kappa shape index (κ1) is 35.4. The Hall–Kier alpha value is -5.29. The van der Waals surface area contributed by atoms with Gasteiger partial charge in [0, 0.05) is 35.3 Å². The molecule has 6 unspecified atom stereocenters. The lowest BCUT2D eigenvalue weighted by Crippen LogP contribution is -2.53. The van der Waals surface area contributed by atoms with Crippen LogP contribution in [0.5, 0.6) is 5.75 Å². The van der Waals surface area contributed by atoms with E-state index in [-0.39, 0.29) is 37.4 Å². The molecule has 0 aromatic heterocycles. The molecule has 2 aliphatic carbocycles. The lowest BCUT2D eigenvalue weighted by atomic mass is 9.49. The van der Waals surface area contributed by atoms with Crippen LogP contribution in [0.1, 0.15) is 29.9 Å². The summed E-state index contributed by atoms with van der Waals surface area (Å²) in [5.74, 6) is -4.41. The Morgan fingerprint density at radius 3 is 2.24 bits per heavy atom. The largest absolute Gasteiger partial charge is 0.491 e. The molecule has 11 heteroatoms. The van der Waals surface area contributed by atoms with Gasteiger partial charge in [0.1, 0.15) is 12.4 Å². The van der Waals surface area contributed by atoms with Crippen molar-refractivity contribution >= 4 is 52.3 Å². The average Bonchev–Trinajstić information content (AvgIpc) is 3.61. The molecule has 280 valence electrons. The number of aliphatic hydroxyl groups excluding tert-OH is 1. The van der Waals surface area contributed by atoms with Gasteiger partial charge in [0.05, 0.1) is 54.4 Å². The van der Waals surface area contributed by atoms with Gasteiger partial charge < -0.3 is 19.5 Å². The van der Waals surface area contributed by atoms with Gasteiger partial charge in [0.2, 0.25) is 23.6 Å². The van der Waals surface area contributed by atoms with E-state index in [1.54, 1.807) is 30.3 Å². The number of aliphatic hydroxyl groups is 1. The molecule has 55 heavy (non-hydrogen) atoms. The molecule has 10 nitrogen and oxygen atoms in total. The van der Waals surface area contributed by atoms with E-state index >= 15 is 9.59 Å². The quantitative estimate of drug-likeness (QED) is 0.174. The molecule has 3 heterocycles. The van der Waals surface area contributed by atoms with Crippen LogP contribution in [-0.2, 0) is 29.3 Å². The van der Waals surface area contributed by atoms with E-state index in [4.69, 9.17) is 21.1 Å². The molecule has 0 spiro atoms. The van der Waals surface area contributed by atoms with Crippen LogP contribution in [0.15, 0.2) is 115 Å². The molecule has 4 aromatic rings. The highest BCUT2D eigenvalue weighted by Crippen LogP contribution is 2.65. The van der Waals surface area contributed by atoms with Crippen LogP contribution in [0, 0.1) is 23.7 Å². The number of para-hydroxylation sites is 1. The number of fused-ring (bicyclic) bond motifs is 4. The van der Waals surface area contributed by atoms with Crippen LogP contribution >= 0.6 is 11.6 Å². The zero-order valence-corrected chi connectivity index (χ0v) is 30.8. The minimum Gasteiger partial charge on any atom is -0.491 e. The van der Waals surface area contributed by atoms with E-state index in [0.717, 1.165) is 24.4 Å². The van der Waals surface area contributed by atoms with Gasteiger partial charge in [-0.05, 0) is 72.9 Å². The summed E-state index contributed by atoms with van der Waals surface area (Å²) in [7, 11) is 0. The number of halogens is 1. The van der Waals surface area contributed by atoms with Crippen molar-refractivity contribution < 1.29 is 33.8 Å². The molecule has 4 amide bonds. The third kappa shape index (κ3) is 5.52. The van der Waals surface area contributed by atoms with E-state index in [2.05, 4.69) is 4.90 Å². The Bertz CT molecular complexity index is 2200. The van der Waals surface area contributed by atoms with Gasteiger partial charge in [-0.3, -0.25) is 24.1 Å². The SMILES string of the molecule is O=C1C2CC=C3C(CC4C(=O)N(c5cccc(Cl)c5)C(=O)C4(c4ccccc4)C3c3ccccc3OCCO)C2C(=O)N1c1ccc(N2CCOCC2)cc1. The molecule has 0 bridgehead atoms. The number of benzene rings is 4. The molecule has 3 saturated heterocycles. The third-order valence-electron chi connectivity index (χ3n) is 12.2. The number of amides is 4. The zero-order chi connectivity index (χ0) is 37.8. The maximum atomic E-state index is 15.5. The number of rotatable bonds is 8. The van der Waals surface area contributed by atoms with E-state index in [0.29, 0.717) is 52.9 Å². The van der Waals surface area contributed by atoms with Crippen molar-refractivity contribution in [2.24, 2.45) is 23.7 Å². The van der Waals surface area contributed by atoms with Crippen LogP contribution in [0.3, 0.4) is 0 Å². The number of ether oxygens (including phenoxy) is 2. The molecule has 4 aromatic carbocycles. The predicted octanol–water partition coefficient (Wildman–Crippen LogP) is 5.91. The first-order valence-corrected chi connectivity index (χ1v) is 19.2. The van der Waals surface area contributed by atoms with E-state index in [9.17, 15) is 14.7 Å². The second-order valence-electron chi connectivity index (χ2n) is 14.8. The number of anilines is 3. The maximum Gasteiger partial charge on any atom is 0.246 e. The maximum absolute atomic E-state index is 15.5. The predicted molar refractivity (Wildman–Crippen MR) is 207 cm³/mol. The number of hydrogen-bond acceptors (Lipinski definition) is 8. The Morgan fingerprint density at radius 1 is 0.764 bits per heavy atom. The molecule has 9 rings (SSSR count). The second-order valence-corrected chi connectivity index (χ2v) is 15.3. The van der Waals surface area contributed by atoms with Gasteiger partial charge >= 0.3 is 0 Å². The smallest absolute Gasteiger partial charge is 0.246 e. The van der Waals surface area contributed by atoms with Crippen molar-refractivity contribution in [2.45, 2.75) is 24.2 Å². The topological polar surface area (TPSA) is 117 Å². The van der Waals surface area contributed by atoms with Gasteiger partial charge in [0.25, 0.3) is 0 Å². The molecule has 3 aliphatic heterocycles. The number of hydrogen-bond donors (Lipinski definition) is 1. The van der Waals surface area contributed by atoms with Crippen molar-refractivity contribution in [1.82, 2.24) is 0 Å². The Morgan fingerprint density at radius 2 is 1.49 bits per heavy atom. The number of morpholine rings is 1. The van der Waals surface area contributed by atoms with Gasteiger partial charge in [-0.2, -0.15) is 0 Å². The Labute approximate surface area is 323 Å². The number of imide groups is 2. The standard InChI is InChI=1S/C44H40ClN3O7/c45-28-9-6-10-31(25-28)48-41(51)36-26-35-32(39(33-11-4-5-12-37(33)55-24-21-49)44(36,43(48)53)27-7-2-1-3-8-27)17-18-34-38(35)42(52)47(40(34)50)30-15-13-29(14-16-30)46-19-22-54-23-20-46/h1-17,25,34-36,38-39,49H,18-24,26H2. The summed E-state index contributed by atoms with van der Waals surface area (Å²) in [6.07, 6.45) is 2.52. The molecular formula is C44H40ClN3O7. The highest BCUT2D eigenvalue weighted by molar-refractivity contribution is 6.32. The third-order valence-corrected chi connectivity index (χ3v) is 12.5. The second kappa shape index (κ2) is 14.1. The zero-order valence-electron chi connectivity index (χ0n) is 30.1. The first-order valence-electron chi connectivity index (χ1n) is 18.9. The number of carbonyl (C=O) groups is 4. The average molecular weight is 758 g/mol. The summed E-state index contributed by atoms with van der Waals surface area (Å²) in [4.78, 5) is 64.4. The van der Waals surface area contributed by atoms with Crippen LogP contribution in [0.25, 0.3) is 0 Å². The molecular weight excluding hydrogens is 718 g/mol. The summed E-state index contributed by atoms with van der Waals surface area (Å²) in [6, 6.07) is 31.0. The van der Waals surface area contributed by atoms with Gasteiger partial charge in [-0.1, -0.05) is 77.8 Å². The fourth-order valence-corrected chi connectivity index (χ4v) is 10.2. The molecule has 1 N–H and O–H groups in total. The normalized spacial score (nSPS) is 27.5. The van der Waals surface area contributed by atoms with E-state index in [1.807, 2.05) is 78.9 Å². The van der Waals surface area contributed by atoms with Crippen LogP contribution in [-0.4, -0.2) is 68.3 Å². The Kier molecular flexibility index (Phi) is 9.07. The highest BCUT2D eigenvalue weighted by atomic mass is 35.5. The van der Waals surface area contributed by atoms with Crippen molar-refractivity contribution in [3.05, 3.63) is 131 Å². The number of nitrogens with zero attached hydrogens (tertiary/aromatic N) is 3. The van der Waals surface area contributed by atoms with Crippen molar-refractivity contribution in [2.75, 3.05) is 54.2 Å². The summed E-state index contributed by atoms with van der Waals surface area (Å²) >= 11 is 6.44. The molecule has 6 atom stereocenters. The van der Waals surface area contributed by atoms with Gasteiger partial charge in [-0.15, -0.1) is 0 Å². The van der Waals surface area contributed by atoms with Gasteiger partial charge in [0.15, 0.2) is 0 Å². The fraction of sp³-hybridized carbons (Fsp3) is 0.318. The molecule has 1 saturated carbocycles. The van der Waals surface area contributed by atoms with Crippen LogP contribution in [0.4, 0.5) is 17.1 Å².